The molecule has 1 unspecified atom stereocenters. The molecule has 0 heterocycles. The van der Waals surface area contributed by atoms with E-state index in [9.17, 15) is 4.79 Å². The summed E-state index contributed by atoms with van der Waals surface area (Å²) in [7, 11) is 0. The number of nitrogens with one attached hydrogen (secondary N) is 1. The SMILES string of the molecule is CCCOCCCNC(=O)C(CN)CC(C)C. The molecule has 0 radical (unpaired) electrons. The number of nitrogens with two attached hydrogens (primary N) is 1. The van der Waals surface area contributed by atoms with Crippen molar-refractivity contribution >= 4 is 5.91 Å². The van der Waals surface area contributed by atoms with Crippen LogP contribution in [0.25, 0.3) is 0 Å². The number of hydrogen-bond donors (Lipinski definition) is 2. The van der Waals surface area contributed by atoms with E-state index < -0.39 is 0 Å². The first-order valence-corrected chi connectivity index (χ1v) is 6.67. The van der Waals surface area contributed by atoms with Gasteiger partial charge in [0.15, 0.2) is 0 Å². The van der Waals surface area contributed by atoms with Crippen LogP contribution in [-0.4, -0.2) is 32.2 Å². The normalized spacial score (nSPS) is 12.8. The van der Waals surface area contributed by atoms with E-state index >= 15 is 0 Å². The maximum Gasteiger partial charge on any atom is 0.224 e. The van der Waals surface area contributed by atoms with Gasteiger partial charge in [0.2, 0.25) is 5.91 Å². The molecule has 0 aromatic carbocycles. The van der Waals surface area contributed by atoms with Crippen molar-refractivity contribution in [3.63, 3.8) is 0 Å². The third-order valence-electron chi connectivity index (χ3n) is 2.52. The van der Waals surface area contributed by atoms with Gasteiger partial charge in [0.1, 0.15) is 0 Å². The van der Waals surface area contributed by atoms with Gasteiger partial charge in [-0.15, -0.1) is 0 Å². The molecule has 0 bridgehead atoms. The van der Waals surface area contributed by atoms with E-state index in [1.807, 2.05) is 0 Å². The number of carbonyl (C=O) groups is 1. The molecule has 0 spiro atoms. The first-order valence-electron chi connectivity index (χ1n) is 6.67. The van der Waals surface area contributed by atoms with Crippen molar-refractivity contribution in [2.45, 2.75) is 40.0 Å². The molecule has 102 valence electrons. The Morgan fingerprint density at radius 3 is 2.59 bits per heavy atom. The summed E-state index contributed by atoms with van der Waals surface area (Å²) in [5, 5.41) is 2.92. The number of hydrogen-bond acceptors (Lipinski definition) is 3. The van der Waals surface area contributed by atoms with Gasteiger partial charge < -0.3 is 15.8 Å². The molecule has 0 aromatic heterocycles. The minimum atomic E-state index is -0.0495. The second-order valence-electron chi connectivity index (χ2n) is 4.82. The van der Waals surface area contributed by atoms with Crippen molar-refractivity contribution in [1.29, 1.82) is 0 Å². The Morgan fingerprint density at radius 1 is 1.35 bits per heavy atom. The van der Waals surface area contributed by atoms with Crippen LogP contribution in [0.15, 0.2) is 0 Å². The molecule has 3 N–H and O–H groups in total. The minimum absolute atomic E-state index is 0.0495. The van der Waals surface area contributed by atoms with Gasteiger partial charge in [-0.05, 0) is 25.2 Å². The Bertz CT molecular complexity index is 196. The van der Waals surface area contributed by atoms with E-state index in [4.69, 9.17) is 10.5 Å². The second kappa shape index (κ2) is 10.5. The first-order chi connectivity index (χ1) is 8.11. The van der Waals surface area contributed by atoms with Crippen molar-refractivity contribution in [2.75, 3.05) is 26.3 Å². The van der Waals surface area contributed by atoms with Crippen molar-refractivity contribution in [3.8, 4) is 0 Å². The molecule has 0 aliphatic rings. The maximum atomic E-state index is 11.8. The molecule has 1 atom stereocenters. The minimum Gasteiger partial charge on any atom is -0.381 e. The molecule has 0 aliphatic carbocycles. The van der Waals surface area contributed by atoms with Crippen LogP contribution in [0.1, 0.15) is 40.0 Å². The van der Waals surface area contributed by atoms with Crippen LogP contribution in [0.3, 0.4) is 0 Å². The Hall–Kier alpha value is -0.610. The summed E-state index contributed by atoms with van der Waals surface area (Å²) in [5.41, 5.74) is 5.61. The summed E-state index contributed by atoms with van der Waals surface area (Å²) in [5.74, 6) is 0.533. The van der Waals surface area contributed by atoms with Gasteiger partial charge in [-0.3, -0.25) is 4.79 Å². The average Bonchev–Trinajstić information content (AvgIpc) is 2.30. The Morgan fingerprint density at radius 2 is 2.06 bits per heavy atom. The molecule has 0 rings (SSSR count). The summed E-state index contributed by atoms with van der Waals surface area (Å²) in [6, 6.07) is 0. The van der Waals surface area contributed by atoms with E-state index in [-0.39, 0.29) is 11.8 Å². The average molecular weight is 244 g/mol. The fourth-order valence-corrected chi connectivity index (χ4v) is 1.66. The van der Waals surface area contributed by atoms with Crippen molar-refractivity contribution in [2.24, 2.45) is 17.6 Å². The highest BCUT2D eigenvalue weighted by atomic mass is 16.5. The van der Waals surface area contributed by atoms with Gasteiger partial charge in [0, 0.05) is 26.3 Å². The first kappa shape index (κ1) is 16.4. The molecule has 1 amide bonds. The lowest BCUT2D eigenvalue weighted by Gasteiger charge is -2.16. The molecule has 0 aromatic rings. The van der Waals surface area contributed by atoms with Crippen LogP contribution in [0.5, 0.6) is 0 Å². The molecule has 0 aliphatic heterocycles. The predicted molar refractivity (Wildman–Crippen MR) is 70.7 cm³/mol. The van der Waals surface area contributed by atoms with Crippen molar-refractivity contribution in [3.05, 3.63) is 0 Å². The summed E-state index contributed by atoms with van der Waals surface area (Å²) < 4.78 is 5.34. The van der Waals surface area contributed by atoms with Gasteiger partial charge in [0.05, 0.1) is 5.92 Å². The predicted octanol–water partition coefficient (Wildman–Crippen LogP) is 1.54. The van der Waals surface area contributed by atoms with Crippen LogP contribution in [-0.2, 0) is 9.53 Å². The lowest BCUT2D eigenvalue weighted by molar-refractivity contribution is -0.125. The third-order valence-corrected chi connectivity index (χ3v) is 2.52. The maximum absolute atomic E-state index is 11.8. The van der Waals surface area contributed by atoms with E-state index in [2.05, 4.69) is 26.1 Å². The molecule has 17 heavy (non-hydrogen) atoms. The summed E-state index contributed by atoms with van der Waals surface area (Å²) >= 11 is 0. The number of ether oxygens (including phenoxy) is 1. The topological polar surface area (TPSA) is 64.3 Å². The molecule has 0 saturated heterocycles. The number of carbonyl (C=O) groups excluding carboxylic acids is 1. The highest BCUT2D eigenvalue weighted by molar-refractivity contribution is 5.78. The van der Waals surface area contributed by atoms with Gasteiger partial charge in [-0.2, -0.15) is 0 Å². The smallest absolute Gasteiger partial charge is 0.224 e. The zero-order chi connectivity index (χ0) is 13.1. The highest BCUT2D eigenvalue weighted by Crippen LogP contribution is 2.10. The molecular formula is C13H28N2O2. The Kier molecular flexibility index (Phi) is 10.2. The van der Waals surface area contributed by atoms with Crippen molar-refractivity contribution < 1.29 is 9.53 Å². The molecule has 4 nitrogen and oxygen atoms in total. The summed E-state index contributed by atoms with van der Waals surface area (Å²) in [6.45, 7) is 8.91. The van der Waals surface area contributed by atoms with E-state index in [0.29, 0.717) is 25.6 Å². The quantitative estimate of drug-likeness (QED) is 0.573. The molecule has 0 saturated carbocycles. The second-order valence-corrected chi connectivity index (χ2v) is 4.82. The Balaban J connectivity index is 3.61. The molecule has 0 fully saturated rings. The van der Waals surface area contributed by atoms with E-state index in [1.165, 1.54) is 0 Å². The van der Waals surface area contributed by atoms with Crippen LogP contribution >= 0.6 is 0 Å². The van der Waals surface area contributed by atoms with Gasteiger partial charge in [-0.1, -0.05) is 20.8 Å². The lowest BCUT2D eigenvalue weighted by Crippen LogP contribution is -2.36. The summed E-state index contributed by atoms with van der Waals surface area (Å²) in [4.78, 5) is 11.8. The van der Waals surface area contributed by atoms with Crippen molar-refractivity contribution in [1.82, 2.24) is 5.32 Å². The van der Waals surface area contributed by atoms with E-state index in [1.54, 1.807) is 0 Å². The van der Waals surface area contributed by atoms with Crippen LogP contribution < -0.4 is 11.1 Å². The lowest BCUT2D eigenvalue weighted by atomic mass is 9.96. The number of amides is 1. The van der Waals surface area contributed by atoms with Gasteiger partial charge >= 0.3 is 0 Å². The zero-order valence-electron chi connectivity index (χ0n) is 11.5. The van der Waals surface area contributed by atoms with Crippen LogP contribution in [0.2, 0.25) is 0 Å². The largest absolute Gasteiger partial charge is 0.381 e. The zero-order valence-corrected chi connectivity index (χ0v) is 11.5. The van der Waals surface area contributed by atoms with Gasteiger partial charge in [-0.25, -0.2) is 0 Å². The monoisotopic (exact) mass is 244 g/mol. The Labute approximate surface area is 105 Å². The summed E-state index contributed by atoms with van der Waals surface area (Å²) in [6.07, 6.45) is 2.76. The molecular weight excluding hydrogens is 216 g/mol. The third kappa shape index (κ3) is 9.12. The van der Waals surface area contributed by atoms with Gasteiger partial charge in [0.25, 0.3) is 0 Å². The molecule has 4 heteroatoms. The van der Waals surface area contributed by atoms with E-state index in [0.717, 1.165) is 25.9 Å². The highest BCUT2D eigenvalue weighted by Gasteiger charge is 2.17. The van der Waals surface area contributed by atoms with Crippen LogP contribution in [0.4, 0.5) is 0 Å². The fourth-order valence-electron chi connectivity index (χ4n) is 1.66. The van der Waals surface area contributed by atoms with Crippen LogP contribution in [0, 0.1) is 11.8 Å². The standard InChI is InChI=1S/C13H28N2O2/c1-4-7-17-8-5-6-15-13(16)12(10-14)9-11(2)3/h11-12H,4-10,14H2,1-3H3,(H,15,16). The fraction of sp³-hybridized carbons (Fsp3) is 0.923. The number of rotatable bonds is 10.